The number of phenolic OH excluding ortho intramolecular Hbond substituents is 1. The third-order valence-electron chi connectivity index (χ3n) is 7.63. The Hall–Kier alpha value is -3.81. The molecule has 48 heavy (non-hydrogen) atoms. The fourth-order valence-corrected chi connectivity index (χ4v) is 5.18. The van der Waals surface area contributed by atoms with Gasteiger partial charge in [0, 0.05) is 51.8 Å². The summed E-state index contributed by atoms with van der Waals surface area (Å²) >= 11 is 0. The first-order chi connectivity index (χ1) is 23.1. The number of methoxy groups -OCH3 is 1. The number of rotatable bonds is 14. The van der Waals surface area contributed by atoms with Gasteiger partial charge in [0.15, 0.2) is 0 Å². The van der Waals surface area contributed by atoms with Gasteiger partial charge in [0.2, 0.25) is 5.91 Å². The highest BCUT2D eigenvalue weighted by Gasteiger charge is 2.18. The quantitative estimate of drug-likeness (QED) is 0.142. The first-order valence-corrected chi connectivity index (χ1v) is 15.8. The molecule has 0 saturated carbocycles. The maximum Gasteiger partial charge on any atom is 0.236 e. The lowest BCUT2D eigenvalue weighted by Gasteiger charge is -2.20. The summed E-state index contributed by atoms with van der Waals surface area (Å²) in [7, 11) is 4.18. The van der Waals surface area contributed by atoms with Crippen LogP contribution < -0.4 is 10.6 Å². The molecule has 3 N–H and O–H groups in total. The summed E-state index contributed by atoms with van der Waals surface area (Å²) < 4.78 is 52.9. The van der Waals surface area contributed by atoms with Crippen molar-refractivity contribution >= 4 is 12.2 Å². The van der Waals surface area contributed by atoms with Crippen molar-refractivity contribution in [3.05, 3.63) is 76.9 Å². The van der Waals surface area contributed by atoms with Crippen LogP contribution in [0.2, 0.25) is 0 Å². The smallest absolute Gasteiger partial charge is 0.236 e. The van der Waals surface area contributed by atoms with Crippen LogP contribution >= 0.6 is 0 Å². The molecule has 0 bridgehead atoms. The molecule has 1 aliphatic rings. The standard InChI is InChI=1S/C17H21F2N3.C16H24N2O4.2CH3F/c1-13(18)8-15-9-16(4-5-17(15)19)22-12-14(10-20-22)11-21-6-2-3-7-21;1-11(22-3)14-7-6-13(20)9-12(14)10-18-15(5-4-8-19)16(21)17-2;2*1-2/h4-5,9-10,12-13H,2-3,6-8,11H2,1H3;6-9,11,15,18,20H,4-5,10H2,1-3H3,(H,17,21);2*1H3. The number of halogens is 4. The van der Waals surface area contributed by atoms with E-state index >= 15 is 0 Å². The number of aldehydes is 1. The highest BCUT2D eigenvalue weighted by atomic mass is 19.1. The number of likely N-dealkylation sites (tertiary alicyclic amines) is 1. The number of nitrogens with one attached hydrogen (secondary N) is 2. The predicted octanol–water partition coefficient (Wildman–Crippen LogP) is 5.96. The van der Waals surface area contributed by atoms with E-state index in [4.69, 9.17) is 4.74 Å². The Morgan fingerprint density at radius 2 is 1.77 bits per heavy atom. The Kier molecular flexibility index (Phi) is 20.7. The van der Waals surface area contributed by atoms with Gasteiger partial charge in [-0.25, -0.2) is 13.5 Å². The molecule has 0 radical (unpaired) electrons. The van der Waals surface area contributed by atoms with Crippen molar-refractivity contribution in [2.75, 3.05) is 41.6 Å². The molecular weight excluding hydrogens is 630 g/mol. The van der Waals surface area contributed by atoms with Crippen molar-refractivity contribution in [2.24, 2.45) is 0 Å². The van der Waals surface area contributed by atoms with Crippen LogP contribution in [-0.2, 0) is 33.8 Å². The topological polar surface area (TPSA) is 109 Å². The highest BCUT2D eigenvalue weighted by Crippen LogP contribution is 2.25. The van der Waals surface area contributed by atoms with E-state index in [1.807, 2.05) is 19.3 Å². The average molecular weight is 682 g/mol. The Bertz CT molecular complexity index is 1350. The van der Waals surface area contributed by atoms with E-state index in [1.165, 1.54) is 25.8 Å². The van der Waals surface area contributed by atoms with Crippen molar-refractivity contribution in [3.63, 3.8) is 0 Å². The number of aromatic hydroxyl groups is 1. The van der Waals surface area contributed by atoms with E-state index in [2.05, 4.69) is 20.6 Å². The van der Waals surface area contributed by atoms with Crippen LogP contribution in [0, 0.1) is 5.82 Å². The summed E-state index contributed by atoms with van der Waals surface area (Å²) in [5.74, 6) is -0.366. The molecule has 3 unspecified atom stereocenters. The zero-order valence-electron chi connectivity index (χ0n) is 28.8. The molecule has 1 saturated heterocycles. The third kappa shape index (κ3) is 14.1. The molecule has 2 aromatic carbocycles. The summed E-state index contributed by atoms with van der Waals surface area (Å²) in [5.41, 5.74) is 4.11. The van der Waals surface area contributed by atoms with Crippen molar-refractivity contribution < 1.29 is 37.0 Å². The highest BCUT2D eigenvalue weighted by molar-refractivity contribution is 5.81. The molecule has 268 valence electrons. The van der Waals surface area contributed by atoms with Crippen molar-refractivity contribution in [2.45, 2.75) is 77.4 Å². The van der Waals surface area contributed by atoms with Crippen molar-refractivity contribution in [1.82, 2.24) is 25.3 Å². The number of likely N-dealkylation sites (N-methyl/N-ethyl adjacent to an activating group) is 1. The molecule has 1 amide bonds. The second-order valence-corrected chi connectivity index (χ2v) is 11.1. The first kappa shape index (κ1) is 42.2. The normalized spacial score (nSPS) is 14.2. The number of aromatic nitrogens is 2. The molecule has 4 rings (SSSR count). The van der Waals surface area contributed by atoms with E-state index in [0.717, 1.165) is 48.3 Å². The number of benzene rings is 2. The molecule has 3 aromatic rings. The van der Waals surface area contributed by atoms with Gasteiger partial charge in [-0.15, -0.1) is 0 Å². The summed E-state index contributed by atoms with van der Waals surface area (Å²) in [6.07, 6.45) is 6.77. The molecule has 1 aliphatic heterocycles. The lowest BCUT2D eigenvalue weighted by molar-refractivity contribution is -0.123. The van der Waals surface area contributed by atoms with E-state index in [1.54, 1.807) is 49.2 Å². The Morgan fingerprint density at radius 3 is 2.38 bits per heavy atom. The van der Waals surface area contributed by atoms with Crippen molar-refractivity contribution in [3.8, 4) is 11.4 Å². The molecule has 0 aliphatic carbocycles. The number of ether oxygens (including phenoxy) is 1. The Labute approximate surface area is 281 Å². The van der Waals surface area contributed by atoms with Crippen LogP contribution in [0.5, 0.6) is 5.75 Å². The SMILES string of the molecule is CC(F)Cc1cc(-n2cc(CN3CCCC3)cn2)ccc1F.CF.CF.CNC(=O)C(CCC=O)NCc1cc(O)ccc1C(C)OC. The van der Waals surface area contributed by atoms with Gasteiger partial charge >= 0.3 is 0 Å². The van der Waals surface area contributed by atoms with Gasteiger partial charge in [0.25, 0.3) is 0 Å². The monoisotopic (exact) mass is 681 g/mol. The summed E-state index contributed by atoms with van der Waals surface area (Å²) in [6.45, 7) is 6.93. The molecule has 0 spiro atoms. The van der Waals surface area contributed by atoms with Gasteiger partial charge in [-0.3, -0.25) is 18.5 Å². The minimum Gasteiger partial charge on any atom is -0.508 e. The van der Waals surface area contributed by atoms with Crippen LogP contribution in [0.25, 0.3) is 5.69 Å². The van der Waals surface area contributed by atoms with Crippen LogP contribution in [-0.4, -0.2) is 85.8 Å². The van der Waals surface area contributed by atoms with Gasteiger partial charge in [0.1, 0.15) is 24.0 Å². The lowest BCUT2D eigenvalue weighted by atomic mass is 10.0. The van der Waals surface area contributed by atoms with Crippen LogP contribution in [0.4, 0.5) is 17.6 Å². The van der Waals surface area contributed by atoms with Crippen LogP contribution in [0.15, 0.2) is 48.8 Å². The van der Waals surface area contributed by atoms with E-state index in [-0.39, 0.29) is 30.0 Å². The number of amides is 1. The minimum atomic E-state index is -1.06. The number of carbonyl (C=O) groups excluding carboxylic acids is 2. The predicted molar refractivity (Wildman–Crippen MR) is 180 cm³/mol. The Morgan fingerprint density at radius 1 is 1.08 bits per heavy atom. The van der Waals surface area contributed by atoms with E-state index < -0.39 is 12.2 Å². The fraction of sp³-hybridized carbons (Fsp3) is 0.514. The second-order valence-electron chi connectivity index (χ2n) is 11.1. The van der Waals surface area contributed by atoms with Crippen molar-refractivity contribution in [1.29, 1.82) is 0 Å². The molecule has 2 heterocycles. The Balaban J connectivity index is 0.000000435. The number of hydrogen-bond donors (Lipinski definition) is 3. The third-order valence-corrected chi connectivity index (χ3v) is 7.63. The van der Waals surface area contributed by atoms with Gasteiger partial charge in [-0.2, -0.15) is 5.10 Å². The summed E-state index contributed by atoms with van der Waals surface area (Å²) in [4.78, 5) is 24.7. The molecular formula is C35H51F4N5O4. The second kappa shape index (κ2) is 23.5. The van der Waals surface area contributed by atoms with Gasteiger partial charge in [-0.1, -0.05) is 6.07 Å². The van der Waals surface area contributed by atoms with Gasteiger partial charge < -0.3 is 25.3 Å². The zero-order valence-corrected chi connectivity index (χ0v) is 28.8. The minimum absolute atomic E-state index is 0.0849. The number of alkyl halides is 3. The zero-order chi connectivity index (χ0) is 36.1. The van der Waals surface area contributed by atoms with Gasteiger partial charge in [-0.05, 0) is 93.2 Å². The number of carbonyl (C=O) groups is 2. The molecule has 1 aromatic heterocycles. The lowest BCUT2D eigenvalue weighted by Crippen LogP contribution is -2.42. The average Bonchev–Trinajstić information content (AvgIpc) is 3.80. The molecule has 1 fully saturated rings. The van der Waals surface area contributed by atoms with E-state index in [0.29, 0.717) is 39.3 Å². The molecule has 3 atom stereocenters. The number of nitrogens with zero attached hydrogens (tertiary/aromatic N) is 3. The number of phenols is 1. The molecule has 13 heteroatoms. The maximum atomic E-state index is 13.7. The van der Waals surface area contributed by atoms with Gasteiger partial charge in [0.05, 0.1) is 38.4 Å². The summed E-state index contributed by atoms with van der Waals surface area (Å²) in [5, 5.41) is 19.7. The maximum absolute atomic E-state index is 13.7. The van der Waals surface area contributed by atoms with E-state index in [9.17, 15) is 32.3 Å². The van der Waals surface area contributed by atoms with Crippen LogP contribution in [0.3, 0.4) is 0 Å². The summed E-state index contributed by atoms with van der Waals surface area (Å²) in [6, 6.07) is 9.35. The number of hydrogen-bond acceptors (Lipinski definition) is 7. The largest absolute Gasteiger partial charge is 0.508 e. The fourth-order valence-electron chi connectivity index (χ4n) is 5.18. The first-order valence-electron chi connectivity index (χ1n) is 15.8. The van der Waals surface area contributed by atoms with Crippen LogP contribution in [0.1, 0.15) is 67.9 Å². The molecule has 9 nitrogen and oxygen atoms in total.